The van der Waals surface area contributed by atoms with Crippen LogP contribution in [0.15, 0.2) is 33.5 Å². The molecule has 0 aliphatic rings. The Labute approximate surface area is 121 Å². The van der Waals surface area contributed by atoms with Crippen molar-refractivity contribution in [1.29, 1.82) is 0 Å². The van der Waals surface area contributed by atoms with E-state index in [1.54, 1.807) is 25.3 Å². The van der Waals surface area contributed by atoms with E-state index in [0.717, 1.165) is 0 Å². The van der Waals surface area contributed by atoms with Crippen molar-refractivity contribution in [3.05, 3.63) is 40.2 Å². The van der Waals surface area contributed by atoms with Gasteiger partial charge in [-0.1, -0.05) is 0 Å². The van der Waals surface area contributed by atoms with E-state index in [-0.39, 0.29) is 5.91 Å². The largest absolute Gasteiger partial charge is 0.497 e. The highest BCUT2D eigenvalue weighted by Crippen LogP contribution is 2.22. The van der Waals surface area contributed by atoms with Crippen molar-refractivity contribution in [2.75, 3.05) is 27.4 Å². The molecule has 1 N–H and O–H groups in total. The van der Waals surface area contributed by atoms with E-state index in [4.69, 9.17) is 13.9 Å². The second kappa shape index (κ2) is 6.90. The van der Waals surface area contributed by atoms with E-state index < -0.39 is 5.63 Å². The van der Waals surface area contributed by atoms with Gasteiger partial charge in [0.1, 0.15) is 11.3 Å². The zero-order valence-corrected chi connectivity index (χ0v) is 12.0. The molecule has 0 fully saturated rings. The highest BCUT2D eigenvalue weighted by molar-refractivity contribution is 6.05. The Morgan fingerprint density at radius 3 is 2.81 bits per heavy atom. The molecule has 0 radical (unpaired) electrons. The Balaban J connectivity index is 2.30. The fraction of sp³-hybridized carbons (Fsp3) is 0.333. The van der Waals surface area contributed by atoms with Crippen molar-refractivity contribution in [3.8, 4) is 5.75 Å². The molecule has 2 rings (SSSR count). The molecule has 112 valence electrons. The number of carbonyl (C=O) groups is 1. The van der Waals surface area contributed by atoms with Crippen LogP contribution in [0.2, 0.25) is 0 Å². The summed E-state index contributed by atoms with van der Waals surface area (Å²) in [6, 6.07) is 6.18. The normalized spacial score (nSPS) is 10.6. The number of nitrogens with one attached hydrogen (secondary N) is 1. The van der Waals surface area contributed by atoms with Crippen LogP contribution in [0.3, 0.4) is 0 Å². The van der Waals surface area contributed by atoms with Crippen LogP contribution in [0.1, 0.15) is 16.8 Å². The number of ether oxygens (including phenoxy) is 2. The van der Waals surface area contributed by atoms with Crippen molar-refractivity contribution < 1.29 is 18.7 Å². The maximum absolute atomic E-state index is 12.2. The van der Waals surface area contributed by atoms with E-state index in [9.17, 15) is 9.59 Å². The quantitative estimate of drug-likeness (QED) is 0.645. The average molecular weight is 291 g/mol. The summed E-state index contributed by atoms with van der Waals surface area (Å²) in [5.41, 5.74) is 0.0445. The monoisotopic (exact) mass is 291 g/mol. The third-order valence-electron chi connectivity index (χ3n) is 3.01. The number of rotatable bonds is 6. The Kier molecular flexibility index (Phi) is 4.94. The van der Waals surface area contributed by atoms with Gasteiger partial charge in [-0.3, -0.25) is 4.79 Å². The van der Waals surface area contributed by atoms with Gasteiger partial charge in [-0.25, -0.2) is 4.79 Å². The standard InChI is InChI=1S/C15H17NO5/c1-19-7-3-6-16-15(18)12-9-14(17)21-13-8-10(20-2)4-5-11(12)13/h4-5,8-9H,3,6-7H2,1-2H3,(H,16,18). The third kappa shape index (κ3) is 3.61. The lowest BCUT2D eigenvalue weighted by molar-refractivity contribution is 0.0949. The Bertz CT molecular complexity index is 692. The van der Waals surface area contributed by atoms with Gasteiger partial charge in [-0.2, -0.15) is 0 Å². The molecule has 1 aromatic heterocycles. The fourth-order valence-electron chi connectivity index (χ4n) is 1.97. The maximum atomic E-state index is 12.2. The number of methoxy groups -OCH3 is 2. The summed E-state index contributed by atoms with van der Waals surface area (Å²) in [4.78, 5) is 23.7. The Morgan fingerprint density at radius 2 is 2.10 bits per heavy atom. The molecule has 0 saturated carbocycles. The topological polar surface area (TPSA) is 77.8 Å². The van der Waals surface area contributed by atoms with E-state index in [1.165, 1.54) is 13.2 Å². The van der Waals surface area contributed by atoms with Crippen LogP contribution in [0.25, 0.3) is 11.0 Å². The molecule has 0 bridgehead atoms. The van der Waals surface area contributed by atoms with Gasteiger partial charge < -0.3 is 19.2 Å². The lowest BCUT2D eigenvalue weighted by Gasteiger charge is -2.08. The lowest BCUT2D eigenvalue weighted by atomic mass is 10.1. The molecule has 6 heteroatoms. The van der Waals surface area contributed by atoms with Crippen molar-refractivity contribution >= 4 is 16.9 Å². The van der Waals surface area contributed by atoms with Crippen LogP contribution in [0, 0.1) is 0 Å². The molecule has 21 heavy (non-hydrogen) atoms. The van der Waals surface area contributed by atoms with E-state index >= 15 is 0 Å². The molecule has 0 atom stereocenters. The van der Waals surface area contributed by atoms with Gasteiger partial charge in [-0.05, 0) is 18.6 Å². The first-order chi connectivity index (χ1) is 10.2. The highest BCUT2D eigenvalue weighted by atomic mass is 16.5. The van der Waals surface area contributed by atoms with Crippen molar-refractivity contribution in [2.45, 2.75) is 6.42 Å². The van der Waals surface area contributed by atoms with Crippen molar-refractivity contribution in [1.82, 2.24) is 5.32 Å². The number of carbonyl (C=O) groups excluding carboxylic acids is 1. The van der Waals surface area contributed by atoms with Crippen LogP contribution in [-0.4, -0.2) is 33.3 Å². The summed E-state index contributed by atoms with van der Waals surface area (Å²) in [6.07, 6.45) is 0.704. The molecule has 6 nitrogen and oxygen atoms in total. The Hall–Kier alpha value is -2.34. The first kappa shape index (κ1) is 15.1. The molecule has 0 aliphatic heterocycles. The number of hydrogen-bond acceptors (Lipinski definition) is 5. The van der Waals surface area contributed by atoms with E-state index in [0.29, 0.717) is 41.9 Å². The van der Waals surface area contributed by atoms with Gasteiger partial charge in [0.25, 0.3) is 5.91 Å². The third-order valence-corrected chi connectivity index (χ3v) is 3.01. The summed E-state index contributed by atoms with van der Waals surface area (Å²) in [6.45, 7) is 1.04. The van der Waals surface area contributed by atoms with Crippen LogP contribution < -0.4 is 15.7 Å². The van der Waals surface area contributed by atoms with E-state index in [1.807, 2.05) is 0 Å². The summed E-state index contributed by atoms with van der Waals surface area (Å²) in [5, 5.41) is 3.32. The van der Waals surface area contributed by atoms with Gasteiger partial charge in [0.05, 0.1) is 12.7 Å². The highest BCUT2D eigenvalue weighted by Gasteiger charge is 2.13. The fourth-order valence-corrected chi connectivity index (χ4v) is 1.97. The molecule has 0 spiro atoms. The molecule has 2 aromatic rings. The number of amides is 1. The smallest absolute Gasteiger partial charge is 0.337 e. The minimum atomic E-state index is -0.571. The lowest BCUT2D eigenvalue weighted by Crippen LogP contribution is -2.26. The SMILES string of the molecule is COCCCNC(=O)c1cc(=O)oc2cc(OC)ccc12. The maximum Gasteiger partial charge on any atom is 0.337 e. The second-order valence-corrected chi connectivity index (χ2v) is 4.44. The van der Waals surface area contributed by atoms with Crippen LogP contribution in [0.5, 0.6) is 5.75 Å². The second-order valence-electron chi connectivity index (χ2n) is 4.44. The van der Waals surface area contributed by atoms with Crippen LogP contribution in [-0.2, 0) is 4.74 Å². The zero-order valence-electron chi connectivity index (χ0n) is 12.0. The number of benzene rings is 1. The number of fused-ring (bicyclic) bond motifs is 1. The molecule has 1 amide bonds. The van der Waals surface area contributed by atoms with Gasteiger partial charge >= 0.3 is 5.63 Å². The summed E-state index contributed by atoms with van der Waals surface area (Å²) in [7, 11) is 3.12. The minimum Gasteiger partial charge on any atom is -0.497 e. The van der Waals surface area contributed by atoms with Crippen molar-refractivity contribution in [2.24, 2.45) is 0 Å². The van der Waals surface area contributed by atoms with Crippen molar-refractivity contribution in [3.63, 3.8) is 0 Å². The van der Waals surface area contributed by atoms with Gasteiger partial charge in [-0.15, -0.1) is 0 Å². The Morgan fingerprint density at radius 1 is 1.29 bits per heavy atom. The average Bonchev–Trinajstić information content (AvgIpc) is 2.49. The molecule has 0 aliphatic carbocycles. The molecule has 0 saturated heterocycles. The van der Waals surface area contributed by atoms with Crippen LogP contribution in [0.4, 0.5) is 0 Å². The predicted octanol–water partition coefficient (Wildman–Crippen LogP) is 1.57. The first-order valence-electron chi connectivity index (χ1n) is 6.54. The number of hydrogen-bond donors (Lipinski definition) is 1. The summed E-state index contributed by atoms with van der Waals surface area (Å²) in [5.74, 6) is 0.248. The molecule has 0 unspecified atom stereocenters. The van der Waals surface area contributed by atoms with Gasteiger partial charge in [0.2, 0.25) is 0 Å². The predicted molar refractivity (Wildman–Crippen MR) is 77.9 cm³/mol. The molecular weight excluding hydrogens is 274 g/mol. The zero-order chi connectivity index (χ0) is 15.2. The minimum absolute atomic E-state index is 0.293. The molecular formula is C15H17NO5. The van der Waals surface area contributed by atoms with Gasteiger partial charge in [0.15, 0.2) is 0 Å². The molecule has 1 aromatic carbocycles. The molecule has 1 heterocycles. The summed E-state index contributed by atoms with van der Waals surface area (Å²) < 4.78 is 15.1. The van der Waals surface area contributed by atoms with Gasteiger partial charge in [0, 0.05) is 37.8 Å². The summed E-state index contributed by atoms with van der Waals surface area (Å²) >= 11 is 0. The van der Waals surface area contributed by atoms with E-state index in [2.05, 4.69) is 5.32 Å². The first-order valence-corrected chi connectivity index (χ1v) is 6.54. The van der Waals surface area contributed by atoms with Crippen LogP contribution >= 0.6 is 0 Å².